The number of nitrogens with zero attached hydrogens (tertiary/aromatic N) is 1. The number of pyridine rings is 1. The number of hydrogen-bond acceptors (Lipinski definition) is 5. The van der Waals surface area contributed by atoms with Gasteiger partial charge >= 0.3 is 0 Å². The molecule has 1 aliphatic rings. The van der Waals surface area contributed by atoms with Gasteiger partial charge in [-0.2, -0.15) is 0 Å². The molecule has 0 saturated carbocycles. The predicted molar refractivity (Wildman–Crippen MR) is 124 cm³/mol. The molecule has 0 radical (unpaired) electrons. The van der Waals surface area contributed by atoms with Gasteiger partial charge in [-0.3, -0.25) is 0 Å². The van der Waals surface area contributed by atoms with E-state index in [1.165, 1.54) is 12.1 Å². The summed E-state index contributed by atoms with van der Waals surface area (Å²) in [4.78, 5) is 4.44. The van der Waals surface area contributed by atoms with Crippen molar-refractivity contribution in [2.75, 3.05) is 32.0 Å². The summed E-state index contributed by atoms with van der Waals surface area (Å²) in [5, 5.41) is 3.74. The van der Waals surface area contributed by atoms with Gasteiger partial charge < -0.3 is 20.5 Å². The second-order valence-electron chi connectivity index (χ2n) is 7.25. The van der Waals surface area contributed by atoms with Crippen molar-refractivity contribution in [3.8, 4) is 5.75 Å². The third-order valence-electron chi connectivity index (χ3n) is 4.77. The SMILES string of the molecule is Cc1cc(N)nc(C[C@@H]2CNC[C@@H]2OCCCCOc2cc(F)cc(Cl)c2)c1.Cl.Cl. The van der Waals surface area contributed by atoms with E-state index < -0.39 is 5.82 Å². The van der Waals surface area contributed by atoms with Crippen LogP contribution >= 0.6 is 36.4 Å². The molecule has 1 saturated heterocycles. The molecule has 168 valence electrons. The Bertz CT molecular complexity index is 758. The fourth-order valence-corrected chi connectivity index (χ4v) is 3.70. The molecule has 0 aliphatic carbocycles. The topological polar surface area (TPSA) is 69.4 Å². The van der Waals surface area contributed by atoms with Crippen molar-refractivity contribution in [2.45, 2.75) is 32.3 Å². The van der Waals surface area contributed by atoms with Crippen molar-refractivity contribution in [3.63, 3.8) is 0 Å². The number of aryl methyl sites for hydroxylation is 1. The highest BCUT2D eigenvalue weighted by molar-refractivity contribution is 6.30. The van der Waals surface area contributed by atoms with E-state index in [1.54, 1.807) is 6.07 Å². The highest BCUT2D eigenvalue weighted by Gasteiger charge is 2.28. The molecule has 0 spiro atoms. The number of anilines is 1. The molecule has 3 rings (SSSR count). The smallest absolute Gasteiger partial charge is 0.128 e. The summed E-state index contributed by atoms with van der Waals surface area (Å²) in [7, 11) is 0. The molecule has 2 heterocycles. The van der Waals surface area contributed by atoms with Gasteiger partial charge in [0.15, 0.2) is 0 Å². The van der Waals surface area contributed by atoms with Gasteiger partial charge in [0.1, 0.15) is 17.4 Å². The first-order valence-electron chi connectivity index (χ1n) is 9.64. The maximum absolute atomic E-state index is 13.3. The lowest BCUT2D eigenvalue weighted by Crippen LogP contribution is -2.25. The molecular formula is C21H29Cl3FN3O2. The van der Waals surface area contributed by atoms with Crippen molar-refractivity contribution in [1.29, 1.82) is 0 Å². The first-order chi connectivity index (χ1) is 13.5. The molecule has 9 heteroatoms. The van der Waals surface area contributed by atoms with Crippen LogP contribution in [0.3, 0.4) is 0 Å². The molecule has 2 aromatic rings. The second-order valence-corrected chi connectivity index (χ2v) is 7.69. The Balaban J connectivity index is 0.00000225. The lowest BCUT2D eigenvalue weighted by molar-refractivity contribution is 0.0342. The lowest BCUT2D eigenvalue weighted by atomic mass is 9.99. The van der Waals surface area contributed by atoms with Gasteiger partial charge in [-0.1, -0.05) is 11.6 Å². The van der Waals surface area contributed by atoms with Crippen molar-refractivity contribution in [3.05, 3.63) is 52.4 Å². The van der Waals surface area contributed by atoms with Gasteiger partial charge in [-0.05, 0) is 56.0 Å². The lowest BCUT2D eigenvalue weighted by Gasteiger charge is -2.19. The zero-order chi connectivity index (χ0) is 19.9. The molecule has 1 aromatic carbocycles. The summed E-state index contributed by atoms with van der Waals surface area (Å²) in [6.07, 6.45) is 2.73. The summed E-state index contributed by atoms with van der Waals surface area (Å²) in [6.45, 7) is 4.97. The number of nitrogen functional groups attached to an aromatic ring is 1. The number of ether oxygens (including phenoxy) is 2. The molecule has 5 nitrogen and oxygen atoms in total. The van der Waals surface area contributed by atoms with Gasteiger partial charge in [-0.25, -0.2) is 9.37 Å². The highest BCUT2D eigenvalue weighted by Crippen LogP contribution is 2.21. The van der Waals surface area contributed by atoms with Crippen molar-refractivity contribution in [2.24, 2.45) is 5.92 Å². The number of benzene rings is 1. The van der Waals surface area contributed by atoms with E-state index in [0.29, 0.717) is 35.7 Å². The Labute approximate surface area is 194 Å². The molecule has 3 N–H and O–H groups in total. The quantitative estimate of drug-likeness (QED) is 0.513. The van der Waals surface area contributed by atoms with Crippen molar-refractivity contribution >= 4 is 42.2 Å². The fraction of sp³-hybridized carbons (Fsp3) is 0.476. The van der Waals surface area contributed by atoms with E-state index in [2.05, 4.69) is 16.4 Å². The van der Waals surface area contributed by atoms with Crippen LogP contribution in [0.15, 0.2) is 30.3 Å². The fourth-order valence-electron chi connectivity index (χ4n) is 3.49. The summed E-state index contributed by atoms with van der Waals surface area (Å²) in [5.74, 6) is 1.02. The van der Waals surface area contributed by atoms with Crippen LogP contribution < -0.4 is 15.8 Å². The summed E-state index contributed by atoms with van der Waals surface area (Å²) < 4.78 is 24.9. The zero-order valence-corrected chi connectivity index (χ0v) is 19.3. The number of nitrogens with one attached hydrogen (secondary N) is 1. The van der Waals surface area contributed by atoms with Crippen molar-refractivity contribution in [1.82, 2.24) is 10.3 Å². The largest absolute Gasteiger partial charge is 0.493 e. The van der Waals surface area contributed by atoms with Crippen LogP contribution in [0.25, 0.3) is 0 Å². The Morgan fingerprint density at radius 3 is 2.63 bits per heavy atom. The Morgan fingerprint density at radius 1 is 1.13 bits per heavy atom. The Kier molecular flexibility index (Phi) is 11.7. The van der Waals surface area contributed by atoms with Crippen LogP contribution in [0.1, 0.15) is 24.1 Å². The standard InChI is InChI=1S/C21H27ClFN3O2.2ClH/c1-14-6-18(26-21(24)7-14)8-15-12-25-13-20(15)28-5-3-2-4-27-19-10-16(22)9-17(23)11-19;;/h6-7,9-11,15,20,25H,2-5,8,12-13H2,1H3,(H2,24,26);2*1H/t15-,20+;;/m1../s1. The summed E-state index contributed by atoms with van der Waals surface area (Å²) in [6, 6.07) is 8.17. The van der Waals surface area contributed by atoms with E-state index in [9.17, 15) is 4.39 Å². The monoisotopic (exact) mass is 479 g/mol. The normalized spacial score (nSPS) is 17.8. The minimum absolute atomic E-state index is 0. The zero-order valence-electron chi connectivity index (χ0n) is 16.9. The van der Waals surface area contributed by atoms with Crippen LogP contribution in [-0.2, 0) is 11.2 Å². The molecule has 0 bridgehead atoms. The van der Waals surface area contributed by atoms with Crippen LogP contribution in [0.4, 0.5) is 10.2 Å². The summed E-state index contributed by atoms with van der Waals surface area (Å²) in [5.41, 5.74) is 8.00. The predicted octanol–water partition coefficient (Wildman–Crippen LogP) is 4.61. The third kappa shape index (κ3) is 8.44. The van der Waals surface area contributed by atoms with E-state index in [-0.39, 0.29) is 30.9 Å². The van der Waals surface area contributed by atoms with Gasteiger partial charge in [0.05, 0.1) is 12.7 Å². The average molecular weight is 481 g/mol. The minimum Gasteiger partial charge on any atom is -0.493 e. The summed E-state index contributed by atoms with van der Waals surface area (Å²) >= 11 is 5.82. The van der Waals surface area contributed by atoms with Crippen LogP contribution in [0, 0.1) is 18.7 Å². The number of unbranched alkanes of at least 4 members (excludes halogenated alkanes) is 1. The third-order valence-corrected chi connectivity index (χ3v) is 4.99. The minimum atomic E-state index is -0.393. The van der Waals surface area contributed by atoms with Crippen LogP contribution in [0.5, 0.6) is 5.75 Å². The number of aromatic nitrogens is 1. The van der Waals surface area contributed by atoms with Gasteiger partial charge in [-0.15, -0.1) is 24.8 Å². The van der Waals surface area contributed by atoms with E-state index in [4.69, 9.17) is 26.8 Å². The molecule has 30 heavy (non-hydrogen) atoms. The second kappa shape index (κ2) is 13.2. The maximum atomic E-state index is 13.3. The van der Waals surface area contributed by atoms with Crippen LogP contribution in [0.2, 0.25) is 5.02 Å². The number of hydrogen-bond donors (Lipinski definition) is 2. The van der Waals surface area contributed by atoms with E-state index >= 15 is 0 Å². The first kappa shape index (κ1) is 26.7. The van der Waals surface area contributed by atoms with Gasteiger partial charge in [0.25, 0.3) is 0 Å². The number of halogens is 4. The molecular weight excluding hydrogens is 452 g/mol. The molecule has 1 aliphatic heterocycles. The molecule has 0 amide bonds. The van der Waals surface area contributed by atoms with E-state index in [1.807, 2.05) is 13.0 Å². The van der Waals surface area contributed by atoms with Gasteiger partial charge in [0.2, 0.25) is 0 Å². The van der Waals surface area contributed by atoms with E-state index in [0.717, 1.165) is 43.6 Å². The Morgan fingerprint density at radius 2 is 1.90 bits per heavy atom. The molecule has 2 atom stereocenters. The first-order valence-corrected chi connectivity index (χ1v) is 10.0. The highest BCUT2D eigenvalue weighted by atomic mass is 35.5. The van der Waals surface area contributed by atoms with Crippen molar-refractivity contribution < 1.29 is 13.9 Å². The molecule has 1 aromatic heterocycles. The molecule has 0 unspecified atom stereocenters. The number of rotatable bonds is 9. The van der Waals surface area contributed by atoms with Crippen LogP contribution in [-0.4, -0.2) is 37.4 Å². The molecule has 1 fully saturated rings. The Hall–Kier alpha value is -1.31. The van der Waals surface area contributed by atoms with Gasteiger partial charge in [0, 0.05) is 42.4 Å². The number of nitrogens with two attached hydrogens (primary N) is 1. The average Bonchev–Trinajstić information content (AvgIpc) is 3.03. The maximum Gasteiger partial charge on any atom is 0.128 e.